The second kappa shape index (κ2) is 16.8. The summed E-state index contributed by atoms with van der Waals surface area (Å²) in [6.45, 7) is 10.7. The molecule has 0 radical (unpaired) electrons. The summed E-state index contributed by atoms with van der Waals surface area (Å²) in [5.74, 6) is -1.91. The van der Waals surface area contributed by atoms with Gasteiger partial charge in [0.1, 0.15) is 29.7 Å². The normalized spacial score (nSPS) is 20.9. The predicted molar refractivity (Wildman–Crippen MR) is 220 cm³/mol. The van der Waals surface area contributed by atoms with Gasteiger partial charge in [-0.25, -0.2) is 13.6 Å². The monoisotopic (exact) mass is 834 g/mol. The van der Waals surface area contributed by atoms with Crippen molar-refractivity contribution in [2.75, 3.05) is 30.3 Å². The highest BCUT2D eigenvalue weighted by Crippen LogP contribution is 2.49. The quantitative estimate of drug-likeness (QED) is 0.0866. The van der Waals surface area contributed by atoms with Crippen molar-refractivity contribution in [2.45, 2.75) is 117 Å². The van der Waals surface area contributed by atoms with Crippen LogP contribution in [0.25, 0.3) is 5.57 Å². The topological polar surface area (TPSA) is 134 Å². The van der Waals surface area contributed by atoms with Gasteiger partial charge in [-0.1, -0.05) is 39.3 Å². The number of fused-ring (bicyclic) bond motifs is 3. The third-order valence-corrected chi connectivity index (χ3v) is 12.9. The van der Waals surface area contributed by atoms with E-state index in [4.69, 9.17) is 9.57 Å². The van der Waals surface area contributed by atoms with E-state index in [-0.39, 0.29) is 31.1 Å². The van der Waals surface area contributed by atoms with Crippen LogP contribution < -0.4 is 9.64 Å². The van der Waals surface area contributed by atoms with E-state index in [1.807, 2.05) is 29.7 Å². The van der Waals surface area contributed by atoms with Gasteiger partial charge in [-0.3, -0.25) is 14.1 Å². The van der Waals surface area contributed by atoms with Crippen LogP contribution in [0.3, 0.4) is 0 Å². The lowest BCUT2D eigenvalue weighted by molar-refractivity contribution is -0.438. The van der Waals surface area contributed by atoms with E-state index in [1.54, 1.807) is 0 Å². The Morgan fingerprint density at radius 1 is 1.00 bits per heavy atom. The smallest absolute Gasteiger partial charge is 0.333 e. The van der Waals surface area contributed by atoms with Gasteiger partial charge in [0, 0.05) is 79.2 Å². The largest absolute Gasteiger partial charge is 0.460 e. The predicted octanol–water partition coefficient (Wildman–Crippen LogP) is 8.21. The molecule has 2 aromatic rings. The van der Waals surface area contributed by atoms with E-state index in [0.717, 1.165) is 67.5 Å². The lowest BCUT2D eigenvalue weighted by atomic mass is 9.75. The molecule has 5 aliphatic heterocycles. The molecule has 1 fully saturated rings. The van der Waals surface area contributed by atoms with Gasteiger partial charge >= 0.3 is 5.97 Å². The van der Waals surface area contributed by atoms with Crippen molar-refractivity contribution in [3.05, 3.63) is 82.2 Å². The number of unbranched alkanes of at least 4 members (excludes halogenated alkanes) is 3. The van der Waals surface area contributed by atoms with Crippen LogP contribution >= 0.6 is 0 Å². The molecule has 14 heteroatoms. The lowest BCUT2D eigenvalue weighted by Gasteiger charge is -2.40. The van der Waals surface area contributed by atoms with Gasteiger partial charge in [-0.2, -0.15) is 13.0 Å². The fourth-order valence-electron chi connectivity index (χ4n) is 9.20. The molecule has 1 N–H and O–H groups in total. The van der Waals surface area contributed by atoms with E-state index in [2.05, 4.69) is 37.8 Å². The van der Waals surface area contributed by atoms with Crippen molar-refractivity contribution in [1.82, 2.24) is 5.06 Å². The molecule has 0 spiro atoms. The van der Waals surface area contributed by atoms with Crippen molar-refractivity contribution < 1.29 is 50.3 Å². The third-order valence-electron chi connectivity index (χ3n) is 12.1. The van der Waals surface area contributed by atoms with Gasteiger partial charge in [0.2, 0.25) is 5.69 Å². The molecule has 5 heterocycles. The Balaban J connectivity index is 1.23. The maximum atomic E-state index is 16.0. The molecule has 5 aliphatic rings. The summed E-state index contributed by atoms with van der Waals surface area (Å²) in [6.07, 6.45) is 14.3. The minimum absolute atomic E-state index is 0.00632. The molecular weight excluding hydrogens is 781 g/mol. The van der Waals surface area contributed by atoms with Gasteiger partial charge in [-0.05, 0) is 81.6 Å². The Labute approximate surface area is 345 Å². The summed E-state index contributed by atoms with van der Waals surface area (Å²) >= 11 is 0. The molecule has 11 nitrogen and oxygen atoms in total. The standard InChI is InChI=1S/C45H53F2N3O8S/c1-44(2,3)37-26-29(33-25-30-14-11-21-48-22-12-15-32(42(30)48)43(33)57-37)13-10-16-36-45(4,20-7-9-24-59(54,55)56)41-34(47)27-31(46)28-35(41)49(36)23-8-5-6-17-40(53)58-50-38(51)18-19-39(50)52/h10,13,16,25-28H,5-9,11-12,14-15,17-24H2,1-4H3/p+1. The number of hydrogen-bond acceptors (Lipinski definition) is 8. The minimum atomic E-state index is -4.20. The Morgan fingerprint density at radius 2 is 1.73 bits per heavy atom. The molecule has 2 aromatic carbocycles. The van der Waals surface area contributed by atoms with Crippen molar-refractivity contribution in [2.24, 2.45) is 5.41 Å². The van der Waals surface area contributed by atoms with E-state index < -0.39 is 50.7 Å². The van der Waals surface area contributed by atoms with Crippen LogP contribution in [0.4, 0.5) is 20.2 Å². The summed E-state index contributed by atoms with van der Waals surface area (Å²) in [4.78, 5) is 43.7. The first kappa shape index (κ1) is 42.4. The zero-order chi connectivity index (χ0) is 42.3. The highest BCUT2D eigenvalue weighted by atomic mass is 32.2. The fraction of sp³-hybridized carbons (Fsp3) is 0.511. The number of aryl methyl sites for hydroxylation is 1. The first-order valence-corrected chi connectivity index (χ1v) is 22.4. The van der Waals surface area contributed by atoms with Gasteiger partial charge in [0.15, 0.2) is 5.71 Å². The second-order valence-corrected chi connectivity index (χ2v) is 19.1. The number of allylic oxidation sites excluding steroid dienone is 6. The Bertz CT molecular complexity index is 2290. The number of benzene rings is 2. The highest BCUT2D eigenvalue weighted by Gasteiger charge is 2.49. The molecule has 1 unspecified atom stereocenters. The molecule has 0 aromatic heterocycles. The van der Waals surface area contributed by atoms with Crippen molar-refractivity contribution in [3.8, 4) is 5.75 Å². The maximum Gasteiger partial charge on any atom is 0.333 e. The Kier molecular flexibility index (Phi) is 12.1. The van der Waals surface area contributed by atoms with Crippen LogP contribution in [-0.4, -0.2) is 71.5 Å². The average Bonchev–Trinajstić information content (AvgIpc) is 3.60. The van der Waals surface area contributed by atoms with Crippen molar-refractivity contribution in [3.63, 3.8) is 0 Å². The number of imide groups is 1. The van der Waals surface area contributed by atoms with Crippen LogP contribution in [0.5, 0.6) is 5.75 Å². The zero-order valence-electron chi connectivity index (χ0n) is 34.4. The number of halogens is 2. The minimum Gasteiger partial charge on any atom is -0.460 e. The summed E-state index contributed by atoms with van der Waals surface area (Å²) in [7, 11) is -4.20. The number of nitrogens with zero attached hydrogens (tertiary/aromatic N) is 3. The summed E-state index contributed by atoms with van der Waals surface area (Å²) in [5, 5.41) is 0.530. The van der Waals surface area contributed by atoms with E-state index in [0.29, 0.717) is 60.7 Å². The van der Waals surface area contributed by atoms with Gasteiger partial charge in [0.05, 0.1) is 16.7 Å². The number of amides is 2. The van der Waals surface area contributed by atoms with Gasteiger partial charge in [-0.15, -0.1) is 5.06 Å². The molecule has 59 heavy (non-hydrogen) atoms. The molecule has 0 saturated carbocycles. The van der Waals surface area contributed by atoms with Crippen LogP contribution in [0.1, 0.15) is 121 Å². The molecule has 2 amide bonds. The average molecular weight is 835 g/mol. The molecular formula is C45H54F2N3O8S+. The SMILES string of the molecule is CC(C)(C)C1=CC(=CC=CC2=[N+](CCCCCC(=O)ON3C(=O)CCC3=O)c3cc(F)cc(F)c3C2(C)CCCCS(=O)(=O)O)c2cc3c4c(c2O1)CCCN4CCC3. The molecule has 0 aliphatic carbocycles. The summed E-state index contributed by atoms with van der Waals surface area (Å²) < 4.78 is 72.3. The number of carbonyl (C=O) groups excluding carboxylic acids is 3. The zero-order valence-corrected chi connectivity index (χ0v) is 35.2. The van der Waals surface area contributed by atoms with Gasteiger partial charge < -0.3 is 14.5 Å². The van der Waals surface area contributed by atoms with Crippen molar-refractivity contribution in [1.29, 1.82) is 0 Å². The number of rotatable bonds is 14. The van der Waals surface area contributed by atoms with Crippen molar-refractivity contribution >= 4 is 50.6 Å². The number of hydroxylamine groups is 2. The first-order valence-electron chi connectivity index (χ1n) is 20.8. The molecule has 316 valence electrons. The molecule has 1 saturated heterocycles. The Hall–Kier alpha value is -4.69. The summed E-state index contributed by atoms with van der Waals surface area (Å²) in [6, 6.07) is 4.45. The first-order chi connectivity index (χ1) is 27.9. The number of ether oxygens (including phenoxy) is 1. The second-order valence-electron chi connectivity index (χ2n) is 17.5. The van der Waals surface area contributed by atoms with Crippen LogP contribution in [0, 0.1) is 17.0 Å². The highest BCUT2D eigenvalue weighted by molar-refractivity contribution is 7.85. The lowest BCUT2D eigenvalue weighted by Crippen LogP contribution is -2.35. The van der Waals surface area contributed by atoms with E-state index in [9.17, 15) is 27.4 Å². The summed E-state index contributed by atoms with van der Waals surface area (Å²) in [5.41, 5.74) is 6.00. The van der Waals surface area contributed by atoms with Crippen LogP contribution in [0.15, 0.2) is 48.3 Å². The van der Waals surface area contributed by atoms with Crippen LogP contribution in [-0.2, 0) is 47.6 Å². The van der Waals surface area contributed by atoms with Crippen LogP contribution in [0.2, 0.25) is 0 Å². The van der Waals surface area contributed by atoms with E-state index in [1.165, 1.54) is 22.9 Å². The fourth-order valence-corrected chi connectivity index (χ4v) is 9.77. The third kappa shape index (κ3) is 8.94. The number of hydrogen-bond donors (Lipinski definition) is 1. The Morgan fingerprint density at radius 3 is 2.44 bits per heavy atom. The molecule has 1 atom stereocenters. The maximum absolute atomic E-state index is 16.0. The van der Waals surface area contributed by atoms with E-state index >= 15 is 8.78 Å². The number of anilines is 1. The molecule has 7 rings (SSSR count). The number of carbonyl (C=O) groups is 3. The molecule has 0 bridgehead atoms. The van der Waals surface area contributed by atoms with Gasteiger partial charge in [0.25, 0.3) is 21.9 Å².